The summed E-state index contributed by atoms with van der Waals surface area (Å²) in [4.78, 5) is 43.5. The Bertz CT molecular complexity index is 1060. The Labute approximate surface area is 160 Å². The van der Waals surface area contributed by atoms with Crippen LogP contribution >= 0.6 is 0 Å². The van der Waals surface area contributed by atoms with Crippen LogP contribution < -0.4 is 21.3 Å². The highest BCUT2D eigenvalue weighted by Gasteiger charge is 2.15. The topological polar surface area (TPSA) is 106 Å². The van der Waals surface area contributed by atoms with Gasteiger partial charge in [-0.05, 0) is 36.2 Å². The third-order valence-corrected chi connectivity index (χ3v) is 4.21. The van der Waals surface area contributed by atoms with Crippen molar-refractivity contribution in [1.82, 2.24) is 19.9 Å². The molecule has 0 saturated heterocycles. The molecule has 0 unspecified atom stereocenters. The van der Waals surface area contributed by atoms with Crippen LogP contribution in [0.3, 0.4) is 0 Å². The fourth-order valence-electron chi connectivity index (χ4n) is 2.68. The Hall–Kier alpha value is -3.68. The number of carbonyl (C=O) groups excluding carboxylic acids is 1. The number of nitrogens with zero attached hydrogens (tertiary/aromatic N) is 2. The van der Waals surface area contributed by atoms with Gasteiger partial charge in [0.05, 0.1) is 19.3 Å². The molecule has 2 aromatic heterocycles. The van der Waals surface area contributed by atoms with E-state index in [0.717, 1.165) is 22.1 Å². The van der Waals surface area contributed by atoms with E-state index in [1.165, 1.54) is 0 Å². The molecule has 0 aliphatic carbocycles. The number of carbonyl (C=O) groups is 1. The Morgan fingerprint density at radius 1 is 1.18 bits per heavy atom. The lowest BCUT2D eigenvalue weighted by atomic mass is 10.1. The van der Waals surface area contributed by atoms with Gasteiger partial charge < -0.3 is 15.0 Å². The Morgan fingerprint density at radius 2 is 1.96 bits per heavy atom. The zero-order valence-corrected chi connectivity index (χ0v) is 15.3. The molecular weight excluding hydrogens is 360 g/mol. The minimum atomic E-state index is -0.656. The number of hydrogen-bond donors (Lipinski definition) is 2. The summed E-state index contributed by atoms with van der Waals surface area (Å²) < 4.78 is 6.07. The predicted molar refractivity (Wildman–Crippen MR) is 104 cm³/mol. The lowest BCUT2D eigenvalue weighted by molar-refractivity contribution is 0.0951. The van der Waals surface area contributed by atoms with E-state index in [-0.39, 0.29) is 12.1 Å². The van der Waals surface area contributed by atoms with Gasteiger partial charge >= 0.3 is 5.69 Å². The number of rotatable bonds is 7. The molecule has 0 saturated carbocycles. The van der Waals surface area contributed by atoms with Crippen LogP contribution in [0, 0.1) is 0 Å². The first-order valence-corrected chi connectivity index (χ1v) is 8.72. The van der Waals surface area contributed by atoms with Crippen LogP contribution in [0.15, 0.2) is 64.4 Å². The van der Waals surface area contributed by atoms with E-state index in [1.54, 1.807) is 31.5 Å². The minimum Gasteiger partial charge on any atom is -0.497 e. The number of aromatic amines is 1. The van der Waals surface area contributed by atoms with Crippen LogP contribution in [0.4, 0.5) is 0 Å². The average molecular weight is 380 g/mol. The Morgan fingerprint density at radius 3 is 2.64 bits per heavy atom. The molecule has 0 fully saturated rings. The highest BCUT2D eigenvalue weighted by molar-refractivity contribution is 5.93. The zero-order valence-electron chi connectivity index (χ0n) is 15.3. The van der Waals surface area contributed by atoms with E-state index in [0.29, 0.717) is 18.7 Å². The summed E-state index contributed by atoms with van der Waals surface area (Å²) in [6.07, 6.45) is 3.31. The number of nitrogens with one attached hydrogen (secondary N) is 2. The second-order valence-corrected chi connectivity index (χ2v) is 6.07. The molecule has 0 atom stereocenters. The van der Waals surface area contributed by atoms with Gasteiger partial charge in [0.15, 0.2) is 0 Å². The molecule has 3 rings (SSSR count). The molecule has 3 aromatic rings. The molecule has 8 heteroatoms. The SMILES string of the molecule is COc1ccc(CCNC(=O)c2c[nH]c(=O)n(Cc3ccccn3)c2=O)cc1. The average Bonchev–Trinajstić information content (AvgIpc) is 2.72. The van der Waals surface area contributed by atoms with Gasteiger partial charge in [0.2, 0.25) is 0 Å². The first-order valence-electron chi connectivity index (χ1n) is 8.72. The number of amides is 1. The van der Waals surface area contributed by atoms with Gasteiger partial charge in [0.1, 0.15) is 11.3 Å². The number of methoxy groups -OCH3 is 1. The minimum absolute atomic E-state index is 0.0119. The molecule has 1 aromatic carbocycles. The van der Waals surface area contributed by atoms with E-state index >= 15 is 0 Å². The van der Waals surface area contributed by atoms with E-state index in [1.807, 2.05) is 24.3 Å². The first-order chi connectivity index (χ1) is 13.6. The van der Waals surface area contributed by atoms with Crippen molar-refractivity contribution in [2.75, 3.05) is 13.7 Å². The number of pyridine rings is 1. The summed E-state index contributed by atoms with van der Waals surface area (Å²) >= 11 is 0. The molecule has 0 spiro atoms. The zero-order chi connectivity index (χ0) is 19.9. The summed E-state index contributed by atoms with van der Waals surface area (Å²) in [6, 6.07) is 12.7. The highest BCUT2D eigenvalue weighted by atomic mass is 16.5. The van der Waals surface area contributed by atoms with E-state index in [4.69, 9.17) is 4.74 Å². The molecule has 0 aliphatic heterocycles. The molecule has 2 heterocycles. The van der Waals surface area contributed by atoms with Crippen LogP contribution in [0.2, 0.25) is 0 Å². The molecule has 0 radical (unpaired) electrons. The van der Waals surface area contributed by atoms with Crippen molar-refractivity contribution in [3.05, 3.63) is 92.5 Å². The maximum atomic E-state index is 12.6. The van der Waals surface area contributed by atoms with Gasteiger partial charge in [-0.3, -0.25) is 19.1 Å². The maximum absolute atomic E-state index is 12.6. The monoisotopic (exact) mass is 380 g/mol. The van der Waals surface area contributed by atoms with Gasteiger partial charge in [-0.2, -0.15) is 0 Å². The normalized spacial score (nSPS) is 10.5. The van der Waals surface area contributed by atoms with Gasteiger partial charge in [0, 0.05) is 18.9 Å². The lowest BCUT2D eigenvalue weighted by Gasteiger charge is -2.08. The third-order valence-electron chi connectivity index (χ3n) is 4.21. The number of benzene rings is 1. The molecule has 28 heavy (non-hydrogen) atoms. The molecule has 2 N–H and O–H groups in total. The Kier molecular flexibility index (Phi) is 6.01. The molecule has 8 nitrogen and oxygen atoms in total. The van der Waals surface area contributed by atoms with E-state index in [2.05, 4.69) is 15.3 Å². The van der Waals surface area contributed by atoms with Gasteiger partial charge in [-0.15, -0.1) is 0 Å². The van der Waals surface area contributed by atoms with Crippen molar-refractivity contribution in [2.24, 2.45) is 0 Å². The van der Waals surface area contributed by atoms with Crippen LogP contribution in [0.25, 0.3) is 0 Å². The van der Waals surface area contributed by atoms with Crippen molar-refractivity contribution in [2.45, 2.75) is 13.0 Å². The largest absolute Gasteiger partial charge is 0.497 e. The second-order valence-electron chi connectivity index (χ2n) is 6.07. The van der Waals surface area contributed by atoms with Crippen LogP contribution in [-0.2, 0) is 13.0 Å². The lowest BCUT2D eigenvalue weighted by Crippen LogP contribution is -2.41. The molecule has 0 aliphatic rings. The highest BCUT2D eigenvalue weighted by Crippen LogP contribution is 2.11. The fraction of sp³-hybridized carbons (Fsp3) is 0.200. The van der Waals surface area contributed by atoms with Crippen molar-refractivity contribution in [3.63, 3.8) is 0 Å². The van der Waals surface area contributed by atoms with Crippen molar-refractivity contribution >= 4 is 5.91 Å². The quantitative estimate of drug-likeness (QED) is 0.635. The van der Waals surface area contributed by atoms with E-state index < -0.39 is 17.2 Å². The summed E-state index contributed by atoms with van der Waals surface area (Å²) in [6.45, 7) is 0.339. The van der Waals surface area contributed by atoms with Gasteiger partial charge in [-0.1, -0.05) is 18.2 Å². The number of aromatic nitrogens is 3. The maximum Gasteiger partial charge on any atom is 0.328 e. The summed E-state index contributed by atoms with van der Waals surface area (Å²) in [5.74, 6) is 0.221. The predicted octanol–water partition coefficient (Wildman–Crippen LogP) is 0.961. The van der Waals surface area contributed by atoms with Crippen molar-refractivity contribution in [1.29, 1.82) is 0 Å². The number of ether oxygens (including phenoxy) is 1. The third kappa shape index (κ3) is 4.53. The van der Waals surface area contributed by atoms with E-state index in [9.17, 15) is 14.4 Å². The second kappa shape index (κ2) is 8.81. The fourth-order valence-corrected chi connectivity index (χ4v) is 2.68. The van der Waals surface area contributed by atoms with Crippen molar-refractivity contribution < 1.29 is 9.53 Å². The number of H-pyrrole nitrogens is 1. The molecular formula is C20H20N4O4. The standard InChI is InChI=1S/C20H20N4O4/c1-28-16-7-5-14(6-8-16)9-11-22-18(25)17-12-23-20(27)24(19(17)26)13-15-4-2-3-10-21-15/h2-8,10,12H,9,11,13H2,1H3,(H,22,25)(H,23,27). The van der Waals surface area contributed by atoms with Crippen LogP contribution in [0.5, 0.6) is 5.75 Å². The Balaban J connectivity index is 1.68. The molecule has 0 bridgehead atoms. The molecule has 1 amide bonds. The summed E-state index contributed by atoms with van der Waals surface area (Å²) in [7, 11) is 1.60. The van der Waals surface area contributed by atoms with Crippen molar-refractivity contribution in [3.8, 4) is 5.75 Å². The van der Waals surface area contributed by atoms with Gasteiger partial charge in [-0.25, -0.2) is 4.79 Å². The molecule has 144 valence electrons. The smallest absolute Gasteiger partial charge is 0.328 e. The summed E-state index contributed by atoms with van der Waals surface area (Å²) in [5, 5.41) is 2.71. The number of hydrogen-bond acceptors (Lipinski definition) is 5. The summed E-state index contributed by atoms with van der Waals surface area (Å²) in [5.41, 5.74) is 0.203. The van der Waals surface area contributed by atoms with Crippen LogP contribution in [-0.4, -0.2) is 34.1 Å². The van der Waals surface area contributed by atoms with Gasteiger partial charge in [0.25, 0.3) is 11.5 Å². The first kappa shape index (κ1) is 19.1. The van der Waals surface area contributed by atoms with Crippen LogP contribution in [0.1, 0.15) is 21.6 Å².